The average molecular weight is 281 g/mol. The summed E-state index contributed by atoms with van der Waals surface area (Å²) < 4.78 is 1.83. The largest absolute Gasteiger partial charge is 0.329 e. The lowest BCUT2D eigenvalue weighted by Crippen LogP contribution is -2.28. The monoisotopic (exact) mass is 280 g/mol. The molecule has 0 amide bonds. The van der Waals surface area contributed by atoms with Crippen molar-refractivity contribution < 1.29 is 0 Å². The van der Waals surface area contributed by atoms with Crippen LogP contribution in [0.25, 0.3) is 0 Å². The number of benzene rings is 1. The van der Waals surface area contributed by atoms with Crippen LogP contribution in [0.4, 0.5) is 0 Å². The quantitative estimate of drug-likeness (QED) is 0.878. The minimum Gasteiger partial charge on any atom is -0.329 e. The molecule has 2 N–H and O–H groups in total. The van der Waals surface area contributed by atoms with E-state index in [0.29, 0.717) is 6.54 Å². The van der Waals surface area contributed by atoms with Crippen molar-refractivity contribution in [2.45, 2.75) is 13.1 Å². The second-order valence-electron chi connectivity index (χ2n) is 4.51. The average Bonchev–Trinajstić information content (AvgIpc) is 2.76. The molecular formula is C14H21ClN4. The van der Waals surface area contributed by atoms with Crippen molar-refractivity contribution in [3.63, 3.8) is 0 Å². The molecule has 2 aromatic rings. The molecule has 104 valence electrons. The first-order valence-corrected chi connectivity index (χ1v) is 6.22. The number of rotatable bonds is 6. The van der Waals surface area contributed by atoms with Crippen LogP contribution in [-0.2, 0) is 20.1 Å². The van der Waals surface area contributed by atoms with E-state index in [1.807, 2.05) is 24.0 Å². The van der Waals surface area contributed by atoms with E-state index < -0.39 is 0 Å². The third-order valence-corrected chi connectivity index (χ3v) is 2.86. The van der Waals surface area contributed by atoms with E-state index in [1.165, 1.54) is 11.1 Å². The Balaban J connectivity index is 0.00000180. The lowest BCUT2D eigenvalue weighted by atomic mass is 10.2. The maximum Gasteiger partial charge on any atom is 0.0534 e. The van der Waals surface area contributed by atoms with E-state index in [-0.39, 0.29) is 12.4 Å². The van der Waals surface area contributed by atoms with Gasteiger partial charge in [-0.25, -0.2) is 0 Å². The molecule has 1 aromatic carbocycles. The topological polar surface area (TPSA) is 47.1 Å². The molecule has 19 heavy (non-hydrogen) atoms. The number of aryl methyl sites for hydroxylation is 1. The molecule has 0 spiro atoms. The fourth-order valence-electron chi connectivity index (χ4n) is 2.05. The lowest BCUT2D eigenvalue weighted by Gasteiger charge is -2.20. The van der Waals surface area contributed by atoms with Crippen molar-refractivity contribution in [2.24, 2.45) is 12.8 Å². The highest BCUT2D eigenvalue weighted by atomic mass is 35.5. The Labute approximate surface area is 120 Å². The molecule has 0 unspecified atom stereocenters. The predicted molar refractivity (Wildman–Crippen MR) is 80.1 cm³/mol. The van der Waals surface area contributed by atoms with Crippen LogP contribution < -0.4 is 5.73 Å². The van der Waals surface area contributed by atoms with E-state index in [1.54, 1.807) is 0 Å². The van der Waals surface area contributed by atoms with Crippen LogP contribution in [0.2, 0.25) is 0 Å². The molecule has 0 atom stereocenters. The zero-order valence-corrected chi connectivity index (χ0v) is 12.0. The van der Waals surface area contributed by atoms with Gasteiger partial charge in [-0.05, 0) is 5.56 Å². The fourth-order valence-corrected chi connectivity index (χ4v) is 2.05. The van der Waals surface area contributed by atoms with Crippen LogP contribution in [-0.4, -0.2) is 27.8 Å². The summed E-state index contributed by atoms with van der Waals surface area (Å²) in [6.07, 6.45) is 3.96. The van der Waals surface area contributed by atoms with Crippen LogP contribution in [0.3, 0.4) is 0 Å². The van der Waals surface area contributed by atoms with Crippen molar-refractivity contribution in [1.82, 2.24) is 14.7 Å². The van der Waals surface area contributed by atoms with Gasteiger partial charge < -0.3 is 5.73 Å². The molecule has 4 nitrogen and oxygen atoms in total. The van der Waals surface area contributed by atoms with Gasteiger partial charge in [0.05, 0.1) is 6.20 Å². The molecule has 1 heterocycles. The molecule has 5 heteroatoms. The van der Waals surface area contributed by atoms with Gasteiger partial charge in [0.25, 0.3) is 0 Å². The van der Waals surface area contributed by atoms with Crippen molar-refractivity contribution in [3.05, 3.63) is 53.9 Å². The van der Waals surface area contributed by atoms with Gasteiger partial charge in [0.2, 0.25) is 0 Å². The van der Waals surface area contributed by atoms with Crippen molar-refractivity contribution in [3.8, 4) is 0 Å². The van der Waals surface area contributed by atoms with Gasteiger partial charge in [0.15, 0.2) is 0 Å². The van der Waals surface area contributed by atoms with E-state index in [4.69, 9.17) is 5.73 Å². The summed E-state index contributed by atoms with van der Waals surface area (Å²) in [6, 6.07) is 10.5. The molecule has 2 rings (SSSR count). The third-order valence-electron chi connectivity index (χ3n) is 2.86. The number of nitrogens with zero attached hydrogens (tertiary/aromatic N) is 3. The summed E-state index contributed by atoms with van der Waals surface area (Å²) in [4.78, 5) is 2.34. The Morgan fingerprint density at radius 1 is 1.16 bits per heavy atom. The highest BCUT2D eigenvalue weighted by Gasteiger charge is 2.07. The molecule has 0 aliphatic heterocycles. The van der Waals surface area contributed by atoms with Crippen molar-refractivity contribution >= 4 is 12.4 Å². The number of hydrogen-bond acceptors (Lipinski definition) is 3. The zero-order chi connectivity index (χ0) is 12.8. The molecule has 0 saturated carbocycles. The summed E-state index contributed by atoms with van der Waals surface area (Å²) in [5.74, 6) is 0. The maximum absolute atomic E-state index is 5.68. The maximum atomic E-state index is 5.68. The van der Waals surface area contributed by atoms with Gasteiger partial charge in [-0.15, -0.1) is 12.4 Å². The Morgan fingerprint density at radius 2 is 1.84 bits per heavy atom. The highest BCUT2D eigenvalue weighted by molar-refractivity contribution is 5.85. The third kappa shape index (κ3) is 5.03. The number of hydrogen-bond donors (Lipinski definition) is 1. The highest BCUT2D eigenvalue weighted by Crippen LogP contribution is 2.08. The summed E-state index contributed by atoms with van der Waals surface area (Å²) in [5.41, 5.74) is 8.22. The number of halogens is 1. The molecule has 0 aliphatic rings. The first kappa shape index (κ1) is 15.7. The number of aromatic nitrogens is 2. The Kier molecular flexibility index (Phi) is 6.56. The molecule has 1 aromatic heterocycles. The Hall–Kier alpha value is -1.36. The van der Waals surface area contributed by atoms with Gasteiger partial charge in [-0.3, -0.25) is 9.58 Å². The predicted octanol–water partition coefficient (Wildman–Crippen LogP) is 1.80. The minimum absolute atomic E-state index is 0. The lowest BCUT2D eigenvalue weighted by molar-refractivity contribution is 0.264. The first-order valence-electron chi connectivity index (χ1n) is 6.22. The van der Waals surface area contributed by atoms with Crippen LogP contribution >= 0.6 is 12.4 Å². The second kappa shape index (κ2) is 7.94. The second-order valence-corrected chi connectivity index (χ2v) is 4.51. The van der Waals surface area contributed by atoms with E-state index >= 15 is 0 Å². The first-order chi connectivity index (χ1) is 8.78. The van der Waals surface area contributed by atoms with Crippen LogP contribution in [0.15, 0.2) is 42.7 Å². The zero-order valence-electron chi connectivity index (χ0n) is 11.2. The molecule has 0 aliphatic carbocycles. The van der Waals surface area contributed by atoms with E-state index in [9.17, 15) is 0 Å². The summed E-state index contributed by atoms with van der Waals surface area (Å²) in [7, 11) is 1.94. The van der Waals surface area contributed by atoms with Gasteiger partial charge >= 0.3 is 0 Å². The van der Waals surface area contributed by atoms with Gasteiger partial charge in [-0.1, -0.05) is 30.3 Å². The van der Waals surface area contributed by atoms with Crippen LogP contribution in [0, 0.1) is 0 Å². The summed E-state index contributed by atoms with van der Waals surface area (Å²) in [6.45, 7) is 3.38. The standard InChI is InChI=1S/C14H20N4.ClH/c1-17-10-14(9-16-17)12-18(8-7-15)11-13-5-3-2-4-6-13;/h2-6,9-10H,7-8,11-12,15H2,1H3;1H. The molecule has 0 fully saturated rings. The van der Waals surface area contributed by atoms with Crippen LogP contribution in [0.1, 0.15) is 11.1 Å². The normalized spacial score (nSPS) is 10.5. The Morgan fingerprint density at radius 3 is 2.42 bits per heavy atom. The molecular weight excluding hydrogens is 260 g/mol. The Bertz CT molecular complexity index is 469. The molecule has 0 radical (unpaired) electrons. The molecule has 0 bridgehead atoms. The smallest absolute Gasteiger partial charge is 0.0534 e. The summed E-state index contributed by atoms with van der Waals surface area (Å²) >= 11 is 0. The van der Waals surface area contributed by atoms with Gasteiger partial charge in [0, 0.05) is 45.0 Å². The number of nitrogens with two attached hydrogens (primary N) is 1. The minimum atomic E-state index is 0. The SMILES string of the molecule is Cl.Cn1cc(CN(CCN)Cc2ccccc2)cn1. The molecule has 0 saturated heterocycles. The van der Waals surface area contributed by atoms with E-state index in [0.717, 1.165) is 19.6 Å². The van der Waals surface area contributed by atoms with E-state index in [2.05, 4.69) is 40.5 Å². The van der Waals surface area contributed by atoms with Crippen LogP contribution in [0.5, 0.6) is 0 Å². The summed E-state index contributed by atoms with van der Waals surface area (Å²) in [5, 5.41) is 4.20. The van der Waals surface area contributed by atoms with Gasteiger partial charge in [-0.2, -0.15) is 5.10 Å². The van der Waals surface area contributed by atoms with Crippen molar-refractivity contribution in [1.29, 1.82) is 0 Å². The van der Waals surface area contributed by atoms with Crippen molar-refractivity contribution in [2.75, 3.05) is 13.1 Å². The fraction of sp³-hybridized carbons (Fsp3) is 0.357. The van der Waals surface area contributed by atoms with Gasteiger partial charge in [0.1, 0.15) is 0 Å².